The molecule has 1 rings (SSSR count). The Kier molecular flexibility index (Phi) is 1.94. The van der Waals surface area contributed by atoms with Gasteiger partial charge in [0.2, 0.25) is 0 Å². The summed E-state index contributed by atoms with van der Waals surface area (Å²) < 4.78 is 1.69. The number of hydrogen-bond donors (Lipinski definition) is 0. The zero-order chi connectivity index (χ0) is 6.91. The van der Waals surface area contributed by atoms with Crippen LogP contribution in [0.5, 0.6) is 0 Å². The molecule has 0 nitrogen and oxygen atoms in total. The van der Waals surface area contributed by atoms with E-state index in [0.717, 1.165) is 0 Å². The van der Waals surface area contributed by atoms with Gasteiger partial charge in [0.1, 0.15) is 0 Å². The summed E-state index contributed by atoms with van der Waals surface area (Å²) in [5.41, 5.74) is 0. The molecule has 0 atom stereocenters. The first-order valence-corrected chi connectivity index (χ1v) is 8.27. The van der Waals surface area contributed by atoms with Crippen molar-refractivity contribution in [3.63, 3.8) is 0 Å². The summed E-state index contributed by atoms with van der Waals surface area (Å²) in [6.45, 7) is 0. The summed E-state index contributed by atoms with van der Waals surface area (Å²) >= 11 is -1.03. The van der Waals surface area contributed by atoms with E-state index in [9.17, 15) is 0 Å². The fourth-order valence-corrected chi connectivity index (χ4v) is 2.82. The monoisotopic (exact) mass is 216 g/mol. The van der Waals surface area contributed by atoms with Gasteiger partial charge < -0.3 is 0 Å². The third kappa shape index (κ3) is 1.78. The van der Waals surface area contributed by atoms with Crippen LogP contribution in [0.4, 0.5) is 0 Å². The van der Waals surface area contributed by atoms with Crippen LogP contribution in [0.25, 0.3) is 0 Å². The Morgan fingerprint density at radius 1 is 1.33 bits per heavy atom. The van der Waals surface area contributed by atoms with E-state index in [1.54, 1.807) is 4.05 Å². The van der Waals surface area contributed by atoms with Gasteiger partial charge >= 0.3 is 60.4 Å². The average Bonchev–Trinajstić information content (AvgIpc) is 2.08. The van der Waals surface area contributed by atoms with Gasteiger partial charge in [-0.25, -0.2) is 0 Å². The van der Waals surface area contributed by atoms with Crippen LogP contribution in [0.3, 0.4) is 0 Å². The minimum atomic E-state index is -1.03. The summed E-state index contributed by atoms with van der Waals surface area (Å²) in [7, 11) is 0. The Hall–Kier alpha value is 0.142. The normalized spacial score (nSPS) is 20.1. The topological polar surface area (TPSA) is 0 Å². The molecule has 0 aromatic heterocycles. The molecule has 0 radical (unpaired) electrons. The quantitative estimate of drug-likeness (QED) is 0.591. The zero-order valence-corrected chi connectivity index (χ0v) is 7.81. The van der Waals surface area contributed by atoms with Crippen molar-refractivity contribution in [2.75, 3.05) is 0 Å². The van der Waals surface area contributed by atoms with Crippen LogP contribution in [0, 0.1) is 0 Å². The van der Waals surface area contributed by atoms with Gasteiger partial charge in [0.25, 0.3) is 0 Å². The van der Waals surface area contributed by atoms with Crippen molar-refractivity contribution in [1.29, 1.82) is 0 Å². The van der Waals surface area contributed by atoms with Crippen LogP contribution in [-0.4, -0.2) is 0 Å². The van der Waals surface area contributed by atoms with Gasteiger partial charge in [0, 0.05) is 0 Å². The molecule has 0 bridgehead atoms. The second kappa shape index (κ2) is 2.40. The molecule has 0 unspecified atom stereocenters. The molecule has 1 heteroatoms. The van der Waals surface area contributed by atoms with Crippen molar-refractivity contribution in [3.05, 3.63) is 22.3 Å². The molecule has 1 aliphatic rings. The minimum absolute atomic E-state index is 1.03. The van der Waals surface area contributed by atoms with E-state index in [0.29, 0.717) is 0 Å². The first kappa shape index (κ1) is 7.25. The molecule has 9 heavy (non-hydrogen) atoms. The van der Waals surface area contributed by atoms with Crippen LogP contribution in [0.15, 0.2) is 22.3 Å². The Morgan fingerprint density at radius 3 is 2.22 bits per heavy atom. The molecular weight excluding hydrogens is 203 g/mol. The summed E-state index contributed by atoms with van der Waals surface area (Å²) in [6.07, 6.45) is 7.94. The first-order valence-electron chi connectivity index (χ1n) is 2.82. The second-order valence-corrected chi connectivity index (χ2v) is 10.6. The summed E-state index contributed by atoms with van der Waals surface area (Å²) in [5.74, 6) is 0. The number of rotatable bonds is 1. The Balaban J connectivity index is 2.66. The van der Waals surface area contributed by atoms with Gasteiger partial charge in [-0.3, -0.25) is 0 Å². The summed E-state index contributed by atoms with van der Waals surface area (Å²) in [6, 6.07) is 0. The van der Waals surface area contributed by atoms with E-state index in [1.807, 2.05) is 0 Å². The van der Waals surface area contributed by atoms with Crippen molar-refractivity contribution >= 4 is 0 Å². The molecule has 0 N–H and O–H groups in total. The molecule has 0 fully saturated rings. The van der Waals surface area contributed by atoms with E-state index < -0.39 is 15.5 Å². The van der Waals surface area contributed by atoms with Gasteiger partial charge in [-0.2, -0.15) is 0 Å². The number of hydrogen-bond acceptors (Lipinski definition) is 0. The van der Waals surface area contributed by atoms with Crippen LogP contribution in [-0.2, 0) is 15.5 Å². The molecule has 56 valence electrons. The maximum absolute atomic E-state index is 2.41. The van der Waals surface area contributed by atoms with Gasteiger partial charge in [-0.1, -0.05) is 0 Å². The molecule has 0 aliphatic heterocycles. The molecule has 1 aliphatic carbocycles. The fraction of sp³-hybridized carbons (Fsp3) is 0.500. The first-order chi connectivity index (χ1) is 4.11. The Bertz CT molecular complexity index is 158. The molecule has 0 saturated heterocycles. The Labute approximate surface area is 60.7 Å². The van der Waals surface area contributed by atoms with Crippen molar-refractivity contribution in [2.45, 2.75) is 22.6 Å². The van der Waals surface area contributed by atoms with E-state index in [-0.39, 0.29) is 0 Å². The predicted molar refractivity (Wildman–Crippen MR) is 39.4 cm³/mol. The molecule has 0 spiro atoms. The third-order valence-corrected chi connectivity index (χ3v) is 4.88. The second-order valence-electron chi connectivity index (χ2n) is 2.63. The SMILES string of the molecule is [CH3][Pd]([CH3])([CH3])[C]1=CC=CC1. The van der Waals surface area contributed by atoms with Crippen LogP contribution in [0.1, 0.15) is 6.42 Å². The molecular formula is C8H14Pd. The van der Waals surface area contributed by atoms with Crippen molar-refractivity contribution in [2.24, 2.45) is 0 Å². The van der Waals surface area contributed by atoms with Crippen LogP contribution >= 0.6 is 0 Å². The summed E-state index contributed by atoms with van der Waals surface area (Å²) in [5, 5.41) is 7.22. The number of allylic oxidation sites excluding steroid dienone is 4. The van der Waals surface area contributed by atoms with E-state index in [2.05, 4.69) is 34.4 Å². The van der Waals surface area contributed by atoms with E-state index in [4.69, 9.17) is 0 Å². The predicted octanol–water partition coefficient (Wildman–Crippen LogP) is 3.13. The van der Waals surface area contributed by atoms with E-state index in [1.165, 1.54) is 6.42 Å². The van der Waals surface area contributed by atoms with Crippen molar-refractivity contribution < 1.29 is 15.5 Å². The van der Waals surface area contributed by atoms with Gasteiger partial charge in [-0.15, -0.1) is 0 Å². The molecule has 0 amide bonds. The molecule has 0 heterocycles. The average molecular weight is 217 g/mol. The zero-order valence-electron chi connectivity index (χ0n) is 6.26. The van der Waals surface area contributed by atoms with Crippen LogP contribution < -0.4 is 0 Å². The van der Waals surface area contributed by atoms with Crippen LogP contribution in [0.2, 0.25) is 16.2 Å². The summed E-state index contributed by atoms with van der Waals surface area (Å²) in [4.78, 5) is 0. The maximum atomic E-state index is 2.41. The molecule has 0 aromatic carbocycles. The van der Waals surface area contributed by atoms with Crippen molar-refractivity contribution in [1.82, 2.24) is 0 Å². The molecule has 0 aromatic rings. The standard InChI is InChI=1S/C5H5.3CH3.Pd/c1-2-4-5-3-1;;;;/h1-3H,4H2;3*1H3;. The van der Waals surface area contributed by atoms with E-state index >= 15 is 0 Å². The Morgan fingerprint density at radius 2 is 2.00 bits per heavy atom. The third-order valence-electron chi connectivity index (χ3n) is 1.31. The molecule has 0 saturated carbocycles. The van der Waals surface area contributed by atoms with Gasteiger partial charge in [-0.05, 0) is 0 Å². The van der Waals surface area contributed by atoms with Gasteiger partial charge in [0.15, 0.2) is 0 Å². The fourth-order valence-electron chi connectivity index (χ4n) is 0.760. The van der Waals surface area contributed by atoms with Crippen molar-refractivity contribution in [3.8, 4) is 0 Å². The van der Waals surface area contributed by atoms with Gasteiger partial charge in [0.05, 0.1) is 0 Å².